The first-order valence-electron chi connectivity index (χ1n) is 6.71. The van der Waals surface area contributed by atoms with Gasteiger partial charge in [0.1, 0.15) is 5.82 Å². The zero-order valence-electron chi connectivity index (χ0n) is 12.0. The van der Waals surface area contributed by atoms with E-state index in [-0.39, 0.29) is 11.9 Å². The third kappa shape index (κ3) is 3.10. The molecule has 0 radical (unpaired) electrons. The maximum atomic E-state index is 13.7. The molecule has 0 aliphatic rings. The van der Waals surface area contributed by atoms with Crippen molar-refractivity contribution >= 4 is 15.9 Å². The van der Waals surface area contributed by atoms with E-state index in [0.29, 0.717) is 4.47 Å². The summed E-state index contributed by atoms with van der Waals surface area (Å²) in [7, 11) is 1.91. The topological polar surface area (TPSA) is 12.0 Å². The van der Waals surface area contributed by atoms with Crippen molar-refractivity contribution in [2.45, 2.75) is 26.3 Å². The molecule has 0 fully saturated rings. The van der Waals surface area contributed by atoms with Gasteiger partial charge in [0.2, 0.25) is 0 Å². The Balaban J connectivity index is 2.37. The fourth-order valence-electron chi connectivity index (χ4n) is 2.53. The summed E-state index contributed by atoms with van der Waals surface area (Å²) < 4.78 is 14.2. The number of rotatable bonds is 4. The minimum Gasteiger partial charge on any atom is -0.313 e. The fraction of sp³-hybridized carbons (Fsp3) is 0.294. The summed E-state index contributed by atoms with van der Waals surface area (Å²) in [6.45, 7) is 4.24. The first-order chi connectivity index (χ1) is 9.54. The second-order valence-corrected chi connectivity index (χ2v) is 5.85. The molecule has 2 aromatic carbocycles. The lowest BCUT2D eigenvalue weighted by molar-refractivity contribution is 0.569. The van der Waals surface area contributed by atoms with Gasteiger partial charge in [0.05, 0.1) is 4.47 Å². The molecular formula is C17H19BrFN. The molecule has 0 aliphatic heterocycles. The van der Waals surface area contributed by atoms with Crippen molar-refractivity contribution in [1.82, 2.24) is 5.32 Å². The molecule has 2 aromatic rings. The Morgan fingerprint density at radius 3 is 2.30 bits per heavy atom. The van der Waals surface area contributed by atoms with Crippen molar-refractivity contribution in [2.75, 3.05) is 7.05 Å². The number of likely N-dealkylation sites (N-methyl/N-ethyl adjacent to an activating group) is 1. The Hall–Kier alpha value is -1.19. The van der Waals surface area contributed by atoms with E-state index >= 15 is 0 Å². The van der Waals surface area contributed by atoms with Gasteiger partial charge in [0.25, 0.3) is 0 Å². The van der Waals surface area contributed by atoms with E-state index in [2.05, 4.69) is 53.3 Å². The van der Waals surface area contributed by atoms with Gasteiger partial charge in [-0.15, -0.1) is 0 Å². The summed E-state index contributed by atoms with van der Waals surface area (Å²) in [5, 5.41) is 3.29. The highest BCUT2D eigenvalue weighted by Gasteiger charge is 2.17. The molecule has 0 aromatic heterocycles. The maximum Gasteiger partial charge on any atom is 0.137 e. The Kier molecular flexibility index (Phi) is 4.95. The van der Waals surface area contributed by atoms with Crippen LogP contribution in [0, 0.1) is 19.7 Å². The molecule has 0 aliphatic carbocycles. The quantitative estimate of drug-likeness (QED) is 0.853. The van der Waals surface area contributed by atoms with Gasteiger partial charge in [0.15, 0.2) is 0 Å². The van der Waals surface area contributed by atoms with Crippen LogP contribution in [0.1, 0.15) is 28.3 Å². The van der Waals surface area contributed by atoms with E-state index < -0.39 is 0 Å². The Labute approximate surface area is 128 Å². The van der Waals surface area contributed by atoms with Crippen LogP contribution in [-0.2, 0) is 6.42 Å². The number of aryl methyl sites for hydroxylation is 2. The van der Waals surface area contributed by atoms with Crippen LogP contribution in [-0.4, -0.2) is 7.05 Å². The standard InChI is InChI=1S/C17H19BrFN/c1-11-6-4-7-12(2)14(11)10-16(20-3)13-8-5-9-15(19)17(13)18/h4-9,16,20H,10H2,1-3H3. The highest BCUT2D eigenvalue weighted by Crippen LogP contribution is 2.29. The van der Waals surface area contributed by atoms with E-state index in [0.717, 1.165) is 12.0 Å². The van der Waals surface area contributed by atoms with Crippen LogP contribution in [0.2, 0.25) is 0 Å². The van der Waals surface area contributed by atoms with Crippen LogP contribution < -0.4 is 5.32 Å². The van der Waals surface area contributed by atoms with Crippen LogP contribution in [0.5, 0.6) is 0 Å². The van der Waals surface area contributed by atoms with Gasteiger partial charge < -0.3 is 5.32 Å². The first kappa shape index (κ1) is 15.2. The van der Waals surface area contributed by atoms with Crippen molar-refractivity contribution in [2.24, 2.45) is 0 Å². The van der Waals surface area contributed by atoms with Crippen LogP contribution in [0.15, 0.2) is 40.9 Å². The van der Waals surface area contributed by atoms with Gasteiger partial charge in [-0.1, -0.05) is 30.3 Å². The second-order valence-electron chi connectivity index (χ2n) is 5.06. The van der Waals surface area contributed by atoms with Gasteiger partial charge in [-0.25, -0.2) is 4.39 Å². The van der Waals surface area contributed by atoms with Crippen molar-refractivity contribution in [3.05, 3.63) is 68.9 Å². The molecule has 3 heteroatoms. The minimum atomic E-state index is -0.218. The van der Waals surface area contributed by atoms with Crippen LogP contribution >= 0.6 is 15.9 Å². The molecule has 0 saturated carbocycles. The summed E-state index contributed by atoms with van der Waals surface area (Å²) in [5.74, 6) is -0.218. The van der Waals surface area contributed by atoms with E-state index in [4.69, 9.17) is 0 Å². The lowest BCUT2D eigenvalue weighted by Gasteiger charge is -2.21. The second kappa shape index (κ2) is 6.51. The maximum absolute atomic E-state index is 13.7. The third-order valence-electron chi connectivity index (χ3n) is 3.76. The lowest BCUT2D eigenvalue weighted by Crippen LogP contribution is -2.20. The number of hydrogen-bond acceptors (Lipinski definition) is 1. The van der Waals surface area contributed by atoms with Gasteiger partial charge >= 0.3 is 0 Å². The number of benzene rings is 2. The molecule has 20 heavy (non-hydrogen) atoms. The molecule has 0 spiro atoms. The Morgan fingerprint density at radius 2 is 1.70 bits per heavy atom. The highest BCUT2D eigenvalue weighted by molar-refractivity contribution is 9.10. The zero-order valence-corrected chi connectivity index (χ0v) is 13.6. The van der Waals surface area contributed by atoms with Crippen molar-refractivity contribution in [3.8, 4) is 0 Å². The molecule has 0 bridgehead atoms. The lowest BCUT2D eigenvalue weighted by atomic mass is 9.93. The normalized spacial score (nSPS) is 12.4. The zero-order chi connectivity index (χ0) is 14.7. The predicted octanol–water partition coefficient (Wildman–Crippen LogP) is 4.71. The molecule has 1 atom stereocenters. The average Bonchev–Trinajstić information content (AvgIpc) is 2.42. The number of halogens is 2. The molecule has 0 heterocycles. The van der Waals surface area contributed by atoms with Crippen molar-refractivity contribution < 1.29 is 4.39 Å². The van der Waals surface area contributed by atoms with Gasteiger partial charge in [-0.05, 0) is 71.6 Å². The monoisotopic (exact) mass is 335 g/mol. The fourth-order valence-corrected chi connectivity index (χ4v) is 3.07. The van der Waals surface area contributed by atoms with Crippen LogP contribution in [0.4, 0.5) is 4.39 Å². The molecular weight excluding hydrogens is 317 g/mol. The number of nitrogens with one attached hydrogen (secondary N) is 1. The highest BCUT2D eigenvalue weighted by atomic mass is 79.9. The Bertz CT molecular complexity index is 590. The van der Waals surface area contributed by atoms with Crippen molar-refractivity contribution in [3.63, 3.8) is 0 Å². The predicted molar refractivity (Wildman–Crippen MR) is 85.5 cm³/mol. The molecule has 1 N–H and O–H groups in total. The van der Waals surface area contributed by atoms with Gasteiger partial charge in [-0.3, -0.25) is 0 Å². The number of hydrogen-bond donors (Lipinski definition) is 1. The summed E-state index contributed by atoms with van der Waals surface area (Å²) in [5.41, 5.74) is 4.83. The first-order valence-corrected chi connectivity index (χ1v) is 7.50. The average molecular weight is 336 g/mol. The summed E-state index contributed by atoms with van der Waals surface area (Å²) >= 11 is 3.36. The molecule has 106 valence electrons. The van der Waals surface area contributed by atoms with Gasteiger partial charge in [-0.2, -0.15) is 0 Å². The molecule has 2 rings (SSSR count). The minimum absolute atomic E-state index is 0.0832. The van der Waals surface area contributed by atoms with E-state index in [1.165, 1.54) is 22.8 Å². The third-order valence-corrected chi connectivity index (χ3v) is 4.59. The molecule has 1 unspecified atom stereocenters. The summed E-state index contributed by atoms with van der Waals surface area (Å²) in [6.07, 6.45) is 0.844. The SMILES string of the molecule is CNC(Cc1c(C)cccc1C)c1cccc(F)c1Br. The van der Waals surface area contributed by atoms with E-state index in [9.17, 15) is 4.39 Å². The van der Waals surface area contributed by atoms with Crippen molar-refractivity contribution in [1.29, 1.82) is 0 Å². The Morgan fingerprint density at radius 1 is 1.10 bits per heavy atom. The smallest absolute Gasteiger partial charge is 0.137 e. The molecule has 1 nitrogen and oxygen atoms in total. The molecule has 0 saturated heterocycles. The summed E-state index contributed by atoms with van der Waals surface area (Å²) in [4.78, 5) is 0. The van der Waals surface area contributed by atoms with Gasteiger partial charge in [0, 0.05) is 6.04 Å². The largest absolute Gasteiger partial charge is 0.313 e. The van der Waals surface area contributed by atoms with E-state index in [1.807, 2.05) is 13.1 Å². The summed E-state index contributed by atoms with van der Waals surface area (Å²) in [6, 6.07) is 11.6. The molecule has 0 amide bonds. The van der Waals surface area contributed by atoms with Crippen LogP contribution in [0.25, 0.3) is 0 Å². The van der Waals surface area contributed by atoms with E-state index in [1.54, 1.807) is 6.07 Å². The van der Waals surface area contributed by atoms with Crippen LogP contribution in [0.3, 0.4) is 0 Å².